The third-order valence-corrected chi connectivity index (χ3v) is 6.20. The maximum atomic E-state index is 12.4. The zero-order valence-electron chi connectivity index (χ0n) is 16.6. The van der Waals surface area contributed by atoms with E-state index in [-0.39, 0.29) is 5.91 Å². The van der Waals surface area contributed by atoms with Crippen molar-refractivity contribution in [1.29, 1.82) is 0 Å². The lowest BCUT2D eigenvalue weighted by molar-refractivity contribution is 0.1000. The van der Waals surface area contributed by atoms with Crippen LogP contribution < -0.4 is 5.73 Å². The monoisotopic (exact) mass is 386 g/mol. The first-order valence-corrected chi connectivity index (χ1v) is 10.7. The van der Waals surface area contributed by atoms with Crippen LogP contribution >= 0.6 is 11.6 Å². The fourth-order valence-electron chi connectivity index (χ4n) is 4.51. The van der Waals surface area contributed by atoms with Crippen molar-refractivity contribution in [1.82, 2.24) is 4.57 Å². The summed E-state index contributed by atoms with van der Waals surface area (Å²) in [5.74, 6) is 0.363. The quantitative estimate of drug-likeness (QED) is 0.610. The van der Waals surface area contributed by atoms with Crippen molar-refractivity contribution in [3.8, 4) is 11.1 Å². The van der Waals surface area contributed by atoms with Crippen LogP contribution in [0.15, 0.2) is 24.3 Å². The Morgan fingerprint density at radius 2 is 1.85 bits per heavy atom. The molecule has 0 aliphatic heterocycles. The predicted molar refractivity (Wildman–Crippen MR) is 113 cm³/mol. The topological polar surface area (TPSA) is 48.0 Å². The zero-order valence-corrected chi connectivity index (χ0v) is 17.3. The normalized spacial score (nSPS) is 15.2. The maximum absolute atomic E-state index is 12.4. The van der Waals surface area contributed by atoms with Crippen LogP contribution in [0.3, 0.4) is 0 Å². The van der Waals surface area contributed by atoms with Crippen LogP contribution in [0.25, 0.3) is 11.1 Å². The van der Waals surface area contributed by atoms with Crippen LogP contribution in [0.4, 0.5) is 0 Å². The van der Waals surface area contributed by atoms with Gasteiger partial charge in [0.05, 0.1) is 5.56 Å². The van der Waals surface area contributed by atoms with Crippen LogP contribution in [-0.4, -0.2) is 10.5 Å². The number of hydrogen-bond donors (Lipinski definition) is 1. The molecule has 1 saturated carbocycles. The summed E-state index contributed by atoms with van der Waals surface area (Å²) in [6.45, 7) is 5.26. The number of nitrogens with two attached hydrogens (primary N) is 1. The highest BCUT2D eigenvalue weighted by molar-refractivity contribution is 6.30. The van der Waals surface area contributed by atoms with Crippen LogP contribution in [0, 0.1) is 12.8 Å². The molecule has 27 heavy (non-hydrogen) atoms. The number of hydrogen-bond acceptors (Lipinski definition) is 1. The molecule has 0 atom stereocenters. The highest BCUT2D eigenvalue weighted by Gasteiger charge is 2.26. The summed E-state index contributed by atoms with van der Waals surface area (Å²) in [4.78, 5) is 12.4. The molecule has 4 heteroatoms. The first kappa shape index (κ1) is 20.0. The summed E-state index contributed by atoms with van der Waals surface area (Å²) in [6.07, 6.45) is 9.76. The van der Waals surface area contributed by atoms with E-state index in [4.69, 9.17) is 17.3 Å². The van der Waals surface area contributed by atoms with Crippen molar-refractivity contribution >= 4 is 17.5 Å². The second-order valence-electron chi connectivity index (χ2n) is 7.87. The number of carbonyl (C=O) groups excluding carboxylic acids is 1. The highest BCUT2D eigenvalue weighted by Crippen LogP contribution is 2.36. The molecule has 1 aromatic heterocycles. The summed E-state index contributed by atoms with van der Waals surface area (Å²) in [5, 5.41) is 0.702. The Bertz CT molecular complexity index is 786. The molecular weight excluding hydrogens is 356 g/mol. The number of aromatic nitrogens is 1. The fourth-order valence-corrected chi connectivity index (χ4v) is 4.63. The predicted octanol–water partition coefficient (Wildman–Crippen LogP) is 6.14. The van der Waals surface area contributed by atoms with Crippen molar-refractivity contribution in [2.45, 2.75) is 71.8 Å². The SMILES string of the molecule is CCCCc1c(-c2ccc(Cl)cc2)c(C(N)=O)c(C)n1CC1CCCCC1. The molecule has 0 saturated heterocycles. The summed E-state index contributed by atoms with van der Waals surface area (Å²) < 4.78 is 2.40. The van der Waals surface area contributed by atoms with E-state index in [9.17, 15) is 4.79 Å². The molecule has 1 heterocycles. The van der Waals surface area contributed by atoms with Gasteiger partial charge in [-0.25, -0.2) is 0 Å². The van der Waals surface area contributed by atoms with Crippen LogP contribution in [0.2, 0.25) is 5.02 Å². The van der Waals surface area contributed by atoms with E-state index in [1.807, 2.05) is 24.3 Å². The van der Waals surface area contributed by atoms with E-state index in [0.29, 0.717) is 16.5 Å². The average molecular weight is 387 g/mol. The molecule has 0 bridgehead atoms. The molecule has 3 nitrogen and oxygen atoms in total. The Hall–Kier alpha value is -1.74. The summed E-state index contributed by atoms with van der Waals surface area (Å²) >= 11 is 6.09. The summed E-state index contributed by atoms with van der Waals surface area (Å²) in [5.41, 5.74) is 10.9. The third-order valence-electron chi connectivity index (χ3n) is 5.94. The van der Waals surface area contributed by atoms with Gasteiger partial charge in [0.25, 0.3) is 5.91 Å². The number of carbonyl (C=O) groups is 1. The second-order valence-corrected chi connectivity index (χ2v) is 8.31. The van der Waals surface area contributed by atoms with Gasteiger partial charge in [0, 0.05) is 28.5 Å². The van der Waals surface area contributed by atoms with E-state index in [1.165, 1.54) is 37.8 Å². The average Bonchev–Trinajstić information content (AvgIpc) is 2.93. The lowest BCUT2D eigenvalue weighted by Gasteiger charge is -2.24. The molecule has 2 aromatic rings. The Balaban J connectivity index is 2.11. The third kappa shape index (κ3) is 4.40. The van der Waals surface area contributed by atoms with Gasteiger partial charge in [0.1, 0.15) is 0 Å². The summed E-state index contributed by atoms with van der Waals surface area (Å²) in [7, 11) is 0. The van der Waals surface area contributed by atoms with Crippen LogP contribution in [0.5, 0.6) is 0 Å². The number of nitrogens with zero attached hydrogens (tertiary/aromatic N) is 1. The van der Waals surface area contributed by atoms with Gasteiger partial charge in [-0.2, -0.15) is 0 Å². The molecule has 0 spiro atoms. The lowest BCUT2D eigenvalue weighted by Crippen LogP contribution is -2.18. The van der Waals surface area contributed by atoms with Gasteiger partial charge in [-0.05, 0) is 56.2 Å². The van der Waals surface area contributed by atoms with Crippen molar-refractivity contribution in [3.05, 3.63) is 46.2 Å². The molecule has 0 unspecified atom stereocenters. The number of rotatable bonds is 7. The van der Waals surface area contributed by atoms with Gasteiger partial charge in [0.15, 0.2) is 0 Å². The van der Waals surface area contributed by atoms with Gasteiger partial charge in [-0.1, -0.05) is 56.3 Å². The number of benzene rings is 1. The maximum Gasteiger partial charge on any atom is 0.251 e. The van der Waals surface area contributed by atoms with Gasteiger partial charge in [0.2, 0.25) is 0 Å². The smallest absolute Gasteiger partial charge is 0.251 e. The van der Waals surface area contributed by atoms with Gasteiger partial charge < -0.3 is 10.3 Å². The Kier molecular flexibility index (Phi) is 6.64. The number of halogens is 1. The molecule has 1 fully saturated rings. The van der Waals surface area contributed by atoms with E-state index in [1.54, 1.807) is 0 Å². The molecule has 1 aliphatic rings. The van der Waals surface area contributed by atoms with Crippen LogP contribution in [0.1, 0.15) is 73.6 Å². The van der Waals surface area contributed by atoms with E-state index in [2.05, 4.69) is 18.4 Å². The minimum Gasteiger partial charge on any atom is -0.366 e. The fraction of sp³-hybridized carbons (Fsp3) is 0.522. The Labute approximate surface area is 167 Å². The van der Waals surface area contributed by atoms with Gasteiger partial charge >= 0.3 is 0 Å². The highest BCUT2D eigenvalue weighted by atomic mass is 35.5. The molecule has 1 amide bonds. The van der Waals surface area contributed by atoms with E-state index >= 15 is 0 Å². The second kappa shape index (κ2) is 8.97. The molecule has 146 valence electrons. The van der Waals surface area contributed by atoms with Crippen LogP contribution in [-0.2, 0) is 13.0 Å². The van der Waals surface area contributed by atoms with Crippen molar-refractivity contribution in [2.75, 3.05) is 0 Å². The Morgan fingerprint density at radius 3 is 2.44 bits per heavy atom. The zero-order chi connectivity index (χ0) is 19.4. The number of amides is 1. The van der Waals surface area contributed by atoms with Gasteiger partial charge in [-0.3, -0.25) is 4.79 Å². The molecule has 1 aliphatic carbocycles. The van der Waals surface area contributed by atoms with E-state index < -0.39 is 0 Å². The van der Waals surface area contributed by atoms with Crippen molar-refractivity contribution in [3.63, 3.8) is 0 Å². The van der Waals surface area contributed by atoms with Crippen molar-refractivity contribution in [2.24, 2.45) is 11.7 Å². The molecule has 0 radical (unpaired) electrons. The largest absolute Gasteiger partial charge is 0.366 e. The Morgan fingerprint density at radius 1 is 1.19 bits per heavy atom. The molecular formula is C23H31ClN2O. The minimum absolute atomic E-state index is 0.336. The number of primary amides is 1. The van der Waals surface area contributed by atoms with Gasteiger partial charge in [-0.15, -0.1) is 0 Å². The standard InChI is InChI=1S/C23H31ClN2O/c1-3-4-10-20-22(18-11-13-19(24)14-12-18)21(23(25)27)16(2)26(20)15-17-8-6-5-7-9-17/h11-14,17H,3-10,15H2,1-2H3,(H2,25,27). The molecule has 2 N–H and O–H groups in total. The number of unbranched alkanes of at least 4 members (excludes halogenated alkanes) is 1. The summed E-state index contributed by atoms with van der Waals surface area (Å²) in [6, 6.07) is 7.78. The molecule has 1 aromatic carbocycles. The first-order valence-electron chi connectivity index (χ1n) is 10.3. The molecule has 3 rings (SSSR count). The lowest BCUT2D eigenvalue weighted by atomic mass is 9.89. The van der Waals surface area contributed by atoms with E-state index in [0.717, 1.165) is 42.6 Å². The van der Waals surface area contributed by atoms with Crippen molar-refractivity contribution < 1.29 is 4.79 Å². The first-order chi connectivity index (χ1) is 13.0. The minimum atomic E-state index is -0.336.